The summed E-state index contributed by atoms with van der Waals surface area (Å²) in [6.45, 7) is 1.50. The number of nitriles is 1. The van der Waals surface area contributed by atoms with Gasteiger partial charge in [-0.2, -0.15) is 18.4 Å². The first-order valence-electron chi connectivity index (χ1n) is 8.77. The van der Waals surface area contributed by atoms with Crippen molar-refractivity contribution >= 4 is 26.8 Å². The number of hydrogen-bond donors (Lipinski definition) is 2. The van der Waals surface area contributed by atoms with Gasteiger partial charge in [-0.1, -0.05) is 0 Å². The zero-order chi connectivity index (χ0) is 20.1. The van der Waals surface area contributed by atoms with E-state index in [1.165, 1.54) is 0 Å². The lowest BCUT2D eigenvalue weighted by Crippen LogP contribution is -2.67. The second-order valence-corrected chi connectivity index (χ2v) is 8.81. The first kappa shape index (κ1) is 18.7. The van der Waals surface area contributed by atoms with Gasteiger partial charge < -0.3 is 14.4 Å². The van der Waals surface area contributed by atoms with E-state index in [0.717, 1.165) is 42.5 Å². The molecule has 2 aromatic rings. The molecule has 1 saturated carbocycles. The largest absolute Gasteiger partial charge is 0.493 e. The number of pyridine rings is 1. The van der Waals surface area contributed by atoms with Crippen molar-refractivity contribution in [2.75, 3.05) is 32.2 Å². The van der Waals surface area contributed by atoms with E-state index in [2.05, 4.69) is 20.7 Å². The highest BCUT2D eigenvalue weighted by Gasteiger charge is 2.53. The highest BCUT2D eigenvalue weighted by Crippen LogP contribution is 2.51. The van der Waals surface area contributed by atoms with Gasteiger partial charge in [-0.3, -0.25) is 4.98 Å². The summed E-state index contributed by atoms with van der Waals surface area (Å²) in [5, 5.41) is 15.5. The van der Waals surface area contributed by atoms with Crippen molar-refractivity contribution in [1.82, 2.24) is 9.71 Å². The zero-order valence-electron chi connectivity index (χ0n) is 15.6. The predicted octanol–water partition coefficient (Wildman–Crippen LogP) is 0.886. The van der Waals surface area contributed by atoms with Crippen LogP contribution in [0.15, 0.2) is 18.3 Å². The average Bonchev–Trinajstić information content (AvgIpc) is 2.59. The van der Waals surface area contributed by atoms with Gasteiger partial charge >= 0.3 is 0 Å². The Bertz CT molecular complexity index is 1080. The number of aromatic nitrogens is 1. The van der Waals surface area contributed by atoms with Gasteiger partial charge in [0, 0.05) is 42.2 Å². The minimum atomic E-state index is -3.68. The van der Waals surface area contributed by atoms with Gasteiger partial charge in [0.15, 0.2) is 11.5 Å². The lowest BCUT2D eigenvalue weighted by atomic mass is 9.61. The van der Waals surface area contributed by atoms with Crippen LogP contribution >= 0.6 is 0 Å². The standard InChI is InChI=1S/C18H21N5O4S/c1-26-15-3-13-14(4-16(15)27-2)21-8-11(7-19)17(13)23-9-18(10-23)5-12(6-18)22-28(20,24)25/h3-4,8,12,22H,5-6,9-10H2,1-2H3,(H2,20,24,25). The summed E-state index contributed by atoms with van der Waals surface area (Å²) in [7, 11) is -0.547. The fourth-order valence-electron chi connectivity index (χ4n) is 4.41. The van der Waals surface area contributed by atoms with Crippen molar-refractivity contribution in [3.63, 3.8) is 0 Å². The molecule has 28 heavy (non-hydrogen) atoms. The lowest BCUT2D eigenvalue weighted by Gasteiger charge is -2.60. The number of nitrogens with one attached hydrogen (secondary N) is 1. The smallest absolute Gasteiger partial charge is 0.274 e. The molecule has 10 heteroatoms. The Labute approximate surface area is 163 Å². The van der Waals surface area contributed by atoms with Gasteiger partial charge in [0.25, 0.3) is 10.2 Å². The maximum Gasteiger partial charge on any atom is 0.274 e. The monoisotopic (exact) mass is 403 g/mol. The fraction of sp³-hybridized carbons (Fsp3) is 0.444. The first-order chi connectivity index (χ1) is 13.3. The second-order valence-electron chi connectivity index (χ2n) is 7.48. The van der Waals surface area contributed by atoms with Gasteiger partial charge in [-0.05, 0) is 18.9 Å². The van der Waals surface area contributed by atoms with E-state index in [1.54, 1.807) is 26.5 Å². The van der Waals surface area contributed by atoms with E-state index in [4.69, 9.17) is 14.6 Å². The van der Waals surface area contributed by atoms with Crippen LogP contribution in [0, 0.1) is 16.7 Å². The molecular formula is C18H21N5O4S. The van der Waals surface area contributed by atoms with Gasteiger partial charge in [-0.15, -0.1) is 0 Å². The van der Waals surface area contributed by atoms with Crippen LogP contribution in [-0.2, 0) is 10.2 Å². The molecule has 0 amide bonds. The third kappa shape index (κ3) is 3.11. The molecule has 0 atom stereocenters. The molecule has 3 N–H and O–H groups in total. The topological polar surface area (TPSA) is 131 Å². The highest BCUT2D eigenvalue weighted by molar-refractivity contribution is 7.87. The molecule has 1 aliphatic carbocycles. The molecule has 2 aliphatic rings. The number of ether oxygens (including phenoxy) is 2. The molecule has 1 saturated heterocycles. The molecule has 1 spiro atoms. The Morgan fingerprint density at radius 1 is 1.29 bits per heavy atom. The number of nitrogens with zero attached hydrogens (tertiary/aromatic N) is 3. The van der Waals surface area contributed by atoms with E-state index < -0.39 is 10.2 Å². The van der Waals surface area contributed by atoms with Gasteiger partial charge in [-0.25, -0.2) is 5.14 Å². The molecule has 0 bridgehead atoms. The minimum absolute atomic E-state index is 0.0568. The minimum Gasteiger partial charge on any atom is -0.493 e. The van der Waals surface area contributed by atoms with Crippen LogP contribution in [0.3, 0.4) is 0 Å². The average molecular weight is 403 g/mol. The third-order valence-corrected chi connectivity index (χ3v) is 6.19. The molecule has 0 unspecified atom stereocenters. The van der Waals surface area contributed by atoms with Gasteiger partial charge in [0.1, 0.15) is 6.07 Å². The Morgan fingerprint density at radius 3 is 2.50 bits per heavy atom. The third-order valence-electron chi connectivity index (χ3n) is 5.52. The van der Waals surface area contributed by atoms with Crippen molar-refractivity contribution in [1.29, 1.82) is 5.26 Å². The normalized spacial score (nSPS) is 18.4. The molecule has 1 aromatic carbocycles. The SMILES string of the molecule is COc1cc2ncc(C#N)c(N3CC4(CC(NS(N)(=O)=O)C4)C3)c2cc1OC. The zero-order valence-corrected chi connectivity index (χ0v) is 16.4. The van der Waals surface area contributed by atoms with Crippen LogP contribution in [0.25, 0.3) is 10.9 Å². The van der Waals surface area contributed by atoms with Gasteiger partial charge in [0.2, 0.25) is 0 Å². The fourth-order valence-corrected chi connectivity index (χ4v) is 5.04. The number of methoxy groups -OCH3 is 2. The number of anilines is 1. The molecule has 9 nitrogen and oxygen atoms in total. The Kier molecular flexibility index (Phi) is 4.33. The van der Waals surface area contributed by atoms with E-state index in [9.17, 15) is 13.7 Å². The maximum atomic E-state index is 11.2. The second kappa shape index (κ2) is 6.48. The van der Waals surface area contributed by atoms with Gasteiger partial charge in [0.05, 0.1) is 31.0 Å². The van der Waals surface area contributed by atoms with E-state index >= 15 is 0 Å². The number of hydrogen-bond acceptors (Lipinski definition) is 7. The van der Waals surface area contributed by atoms with Crippen LogP contribution in [0.4, 0.5) is 5.69 Å². The lowest BCUT2D eigenvalue weighted by molar-refractivity contribution is 0.0592. The number of rotatable bonds is 5. The summed E-state index contributed by atoms with van der Waals surface area (Å²) in [4.78, 5) is 6.53. The first-order valence-corrected chi connectivity index (χ1v) is 10.3. The van der Waals surface area contributed by atoms with E-state index in [-0.39, 0.29) is 11.5 Å². The maximum absolute atomic E-state index is 11.2. The number of nitrogens with two attached hydrogens (primary N) is 1. The van der Waals surface area contributed by atoms with Crippen LogP contribution in [0.2, 0.25) is 0 Å². The summed E-state index contributed by atoms with van der Waals surface area (Å²) in [5.74, 6) is 1.15. The molecule has 148 valence electrons. The molecule has 1 aliphatic heterocycles. The van der Waals surface area contributed by atoms with Crippen LogP contribution < -0.4 is 24.2 Å². The number of benzene rings is 1. The highest BCUT2D eigenvalue weighted by atomic mass is 32.2. The summed E-state index contributed by atoms with van der Waals surface area (Å²) < 4.78 is 35.5. The molecule has 0 radical (unpaired) electrons. The van der Waals surface area contributed by atoms with Crippen molar-refractivity contribution < 1.29 is 17.9 Å². The van der Waals surface area contributed by atoms with Crippen molar-refractivity contribution in [2.45, 2.75) is 18.9 Å². The van der Waals surface area contributed by atoms with Crippen LogP contribution in [0.1, 0.15) is 18.4 Å². The molecular weight excluding hydrogens is 382 g/mol. The summed E-state index contributed by atoms with van der Waals surface area (Å²) in [5.41, 5.74) is 2.09. The summed E-state index contributed by atoms with van der Waals surface area (Å²) >= 11 is 0. The summed E-state index contributed by atoms with van der Waals surface area (Å²) in [6.07, 6.45) is 3.05. The summed E-state index contributed by atoms with van der Waals surface area (Å²) in [6, 6.07) is 5.74. The van der Waals surface area contributed by atoms with Crippen molar-refractivity contribution in [3.8, 4) is 17.6 Å². The molecule has 2 heterocycles. The Hall–Kier alpha value is -2.61. The molecule has 2 fully saturated rings. The molecule has 4 rings (SSSR count). The predicted molar refractivity (Wildman–Crippen MR) is 103 cm³/mol. The van der Waals surface area contributed by atoms with Crippen molar-refractivity contribution in [3.05, 3.63) is 23.9 Å². The van der Waals surface area contributed by atoms with Crippen molar-refractivity contribution in [2.24, 2.45) is 10.6 Å². The quantitative estimate of drug-likeness (QED) is 0.758. The van der Waals surface area contributed by atoms with Crippen LogP contribution in [0.5, 0.6) is 11.5 Å². The number of fused-ring (bicyclic) bond motifs is 1. The Balaban J connectivity index is 1.62. The van der Waals surface area contributed by atoms with E-state index in [1.807, 2.05) is 6.07 Å². The molecule has 1 aromatic heterocycles. The van der Waals surface area contributed by atoms with E-state index in [0.29, 0.717) is 17.1 Å². The van der Waals surface area contributed by atoms with Crippen LogP contribution in [-0.4, -0.2) is 46.8 Å². The Morgan fingerprint density at radius 2 is 1.93 bits per heavy atom.